The Morgan fingerprint density at radius 1 is 1.04 bits per heavy atom. The third-order valence-corrected chi connectivity index (χ3v) is 6.04. The van der Waals surface area contributed by atoms with Crippen molar-refractivity contribution in [1.29, 1.82) is 0 Å². The molecule has 2 aliphatic carbocycles. The van der Waals surface area contributed by atoms with Crippen LogP contribution in [0.15, 0.2) is 23.3 Å². The van der Waals surface area contributed by atoms with Crippen LogP contribution in [0.4, 0.5) is 0 Å². The maximum Gasteiger partial charge on any atom is 0.0826 e. The Kier molecular flexibility index (Phi) is 7.15. The number of allylic oxidation sites excluding steroid dienone is 2. The molecule has 0 aliphatic heterocycles. The Labute approximate surface area is 161 Å². The van der Waals surface area contributed by atoms with Crippen molar-refractivity contribution in [2.45, 2.75) is 98.3 Å². The van der Waals surface area contributed by atoms with Crippen molar-refractivity contribution in [3.8, 4) is 0 Å². The summed E-state index contributed by atoms with van der Waals surface area (Å²) in [6, 6.07) is 0.272. The van der Waals surface area contributed by atoms with Gasteiger partial charge in [0.2, 0.25) is 0 Å². The highest BCUT2D eigenvalue weighted by Crippen LogP contribution is 2.42. The van der Waals surface area contributed by atoms with Gasteiger partial charge in [0.15, 0.2) is 0 Å². The summed E-state index contributed by atoms with van der Waals surface area (Å²) in [6.07, 6.45) is 10.5. The van der Waals surface area contributed by atoms with Crippen molar-refractivity contribution in [2.75, 3.05) is 6.54 Å². The molecule has 0 radical (unpaired) electrons. The maximum absolute atomic E-state index is 10.9. The van der Waals surface area contributed by atoms with E-state index in [2.05, 4.69) is 59.0 Å². The summed E-state index contributed by atoms with van der Waals surface area (Å²) < 4.78 is 0. The SMILES string of the molecule is CC(C)(C)C1=CC(CCCNC2CCCCC2O)=CC(C(C)(C)C)C1O. The topological polar surface area (TPSA) is 52.5 Å². The van der Waals surface area contributed by atoms with E-state index in [4.69, 9.17) is 0 Å². The third kappa shape index (κ3) is 5.68. The van der Waals surface area contributed by atoms with Crippen molar-refractivity contribution in [3.05, 3.63) is 23.3 Å². The van der Waals surface area contributed by atoms with E-state index in [-0.39, 0.29) is 28.9 Å². The van der Waals surface area contributed by atoms with Crippen LogP contribution in [-0.2, 0) is 0 Å². The predicted octanol–water partition coefficient (Wildman–Crippen LogP) is 4.60. The van der Waals surface area contributed by atoms with Gasteiger partial charge in [-0.3, -0.25) is 0 Å². The summed E-state index contributed by atoms with van der Waals surface area (Å²) in [7, 11) is 0. The Hall–Kier alpha value is -0.640. The maximum atomic E-state index is 10.9. The highest BCUT2D eigenvalue weighted by Gasteiger charge is 2.37. The van der Waals surface area contributed by atoms with Gasteiger partial charge in [-0.15, -0.1) is 0 Å². The van der Waals surface area contributed by atoms with Gasteiger partial charge in [-0.05, 0) is 48.6 Å². The number of rotatable bonds is 5. The van der Waals surface area contributed by atoms with Crippen molar-refractivity contribution in [1.82, 2.24) is 5.32 Å². The predicted molar refractivity (Wildman–Crippen MR) is 110 cm³/mol. The Morgan fingerprint density at radius 3 is 2.27 bits per heavy atom. The Balaban J connectivity index is 1.98. The minimum atomic E-state index is -0.394. The van der Waals surface area contributed by atoms with Crippen LogP contribution >= 0.6 is 0 Å². The first-order valence-corrected chi connectivity index (χ1v) is 10.5. The van der Waals surface area contributed by atoms with Crippen molar-refractivity contribution in [3.63, 3.8) is 0 Å². The van der Waals surface area contributed by atoms with E-state index in [0.29, 0.717) is 0 Å². The van der Waals surface area contributed by atoms with Crippen molar-refractivity contribution in [2.24, 2.45) is 16.7 Å². The second kappa shape index (κ2) is 8.58. The summed E-state index contributed by atoms with van der Waals surface area (Å²) in [4.78, 5) is 0. The van der Waals surface area contributed by atoms with E-state index in [0.717, 1.165) is 44.2 Å². The van der Waals surface area contributed by atoms with E-state index in [9.17, 15) is 10.2 Å². The largest absolute Gasteiger partial charge is 0.392 e. The number of hydrogen-bond acceptors (Lipinski definition) is 3. The fourth-order valence-electron chi connectivity index (χ4n) is 4.32. The smallest absolute Gasteiger partial charge is 0.0826 e. The molecule has 3 heteroatoms. The molecule has 0 aromatic rings. The lowest BCUT2D eigenvalue weighted by Crippen LogP contribution is -2.42. The number of aliphatic hydroxyl groups is 2. The van der Waals surface area contributed by atoms with Crippen molar-refractivity contribution < 1.29 is 10.2 Å². The van der Waals surface area contributed by atoms with Crippen LogP contribution in [0.2, 0.25) is 0 Å². The van der Waals surface area contributed by atoms with E-state index in [1.807, 2.05) is 0 Å². The Bertz CT molecular complexity index is 521. The normalized spacial score (nSPS) is 30.8. The number of hydrogen-bond donors (Lipinski definition) is 3. The second-order valence-electron chi connectivity index (χ2n) is 10.4. The van der Waals surface area contributed by atoms with E-state index < -0.39 is 6.10 Å². The Morgan fingerprint density at radius 2 is 1.69 bits per heavy atom. The number of aliphatic hydroxyl groups excluding tert-OH is 2. The van der Waals surface area contributed by atoms with Gasteiger partial charge in [-0.25, -0.2) is 0 Å². The molecule has 0 spiro atoms. The zero-order chi connectivity index (χ0) is 19.5. The van der Waals surface area contributed by atoms with Gasteiger partial charge >= 0.3 is 0 Å². The van der Waals surface area contributed by atoms with Gasteiger partial charge in [-0.1, -0.05) is 72.1 Å². The fraction of sp³-hybridized carbons (Fsp3) is 0.826. The van der Waals surface area contributed by atoms with Crippen LogP contribution < -0.4 is 5.32 Å². The van der Waals surface area contributed by atoms with Crippen LogP contribution in [0, 0.1) is 16.7 Å². The molecule has 4 atom stereocenters. The molecule has 1 fully saturated rings. The van der Waals surface area contributed by atoms with Gasteiger partial charge in [0.1, 0.15) is 0 Å². The zero-order valence-electron chi connectivity index (χ0n) is 17.8. The van der Waals surface area contributed by atoms with E-state index in [1.54, 1.807) is 0 Å². The van der Waals surface area contributed by atoms with Crippen LogP contribution in [0.1, 0.15) is 80.1 Å². The lowest BCUT2D eigenvalue weighted by Gasteiger charge is -2.40. The minimum absolute atomic E-state index is 0.0209. The van der Waals surface area contributed by atoms with Gasteiger partial charge in [0.05, 0.1) is 12.2 Å². The molecule has 1 saturated carbocycles. The molecule has 3 N–H and O–H groups in total. The lowest BCUT2D eigenvalue weighted by atomic mass is 9.67. The van der Waals surface area contributed by atoms with Crippen LogP contribution in [0.3, 0.4) is 0 Å². The molecule has 0 heterocycles. The molecule has 26 heavy (non-hydrogen) atoms. The van der Waals surface area contributed by atoms with E-state index >= 15 is 0 Å². The van der Waals surface area contributed by atoms with Gasteiger partial charge < -0.3 is 15.5 Å². The minimum Gasteiger partial charge on any atom is -0.392 e. The summed E-state index contributed by atoms with van der Waals surface area (Å²) in [6.45, 7) is 14.2. The first-order chi connectivity index (χ1) is 12.0. The second-order valence-corrected chi connectivity index (χ2v) is 10.4. The first-order valence-electron chi connectivity index (χ1n) is 10.5. The molecule has 0 bridgehead atoms. The fourth-order valence-corrected chi connectivity index (χ4v) is 4.32. The molecule has 0 amide bonds. The van der Waals surface area contributed by atoms with Crippen LogP contribution in [0.5, 0.6) is 0 Å². The molecule has 3 nitrogen and oxygen atoms in total. The average molecular weight is 364 g/mol. The molecule has 0 saturated heterocycles. The van der Waals surface area contributed by atoms with Gasteiger partial charge in [-0.2, -0.15) is 0 Å². The molecule has 0 aromatic carbocycles. The molecule has 2 aliphatic rings. The standard InChI is InChI=1S/C23H41NO2/c1-22(2,3)17-14-16(15-18(21(17)26)23(4,5)6)10-9-13-24-19-11-7-8-12-20(19)25/h14-15,17,19-21,24-26H,7-13H2,1-6H3. The summed E-state index contributed by atoms with van der Waals surface area (Å²) in [5, 5.41) is 24.6. The van der Waals surface area contributed by atoms with Crippen LogP contribution in [-0.4, -0.2) is 35.0 Å². The average Bonchev–Trinajstić information content (AvgIpc) is 2.52. The number of nitrogens with one attached hydrogen (secondary N) is 1. The summed E-state index contributed by atoms with van der Waals surface area (Å²) in [5.41, 5.74) is 2.53. The lowest BCUT2D eigenvalue weighted by molar-refractivity contribution is 0.0815. The molecule has 2 rings (SSSR count). The highest BCUT2D eigenvalue weighted by atomic mass is 16.3. The quantitative estimate of drug-likeness (QED) is 0.626. The summed E-state index contributed by atoms with van der Waals surface area (Å²) in [5.74, 6) is 0.157. The van der Waals surface area contributed by atoms with Gasteiger partial charge in [0, 0.05) is 12.0 Å². The summed E-state index contributed by atoms with van der Waals surface area (Å²) >= 11 is 0. The van der Waals surface area contributed by atoms with Crippen molar-refractivity contribution >= 4 is 0 Å². The third-order valence-electron chi connectivity index (χ3n) is 6.04. The molecule has 0 aromatic heterocycles. The molecular formula is C23H41NO2. The molecule has 150 valence electrons. The van der Waals surface area contributed by atoms with Gasteiger partial charge in [0.25, 0.3) is 0 Å². The van der Waals surface area contributed by atoms with E-state index in [1.165, 1.54) is 12.0 Å². The monoisotopic (exact) mass is 363 g/mol. The van der Waals surface area contributed by atoms with Crippen LogP contribution in [0.25, 0.3) is 0 Å². The highest BCUT2D eigenvalue weighted by molar-refractivity contribution is 5.36. The zero-order valence-corrected chi connectivity index (χ0v) is 17.8. The first kappa shape index (κ1) is 21.7. The molecule has 4 unspecified atom stereocenters. The molecular weight excluding hydrogens is 322 g/mol.